The maximum Gasteiger partial charge on any atom is 0.142 e. The van der Waals surface area contributed by atoms with E-state index < -0.39 is 0 Å². The minimum absolute atomic E-state index is 0.839. The van der Waals surface area contributed by atoms with E-state index >= 15 is 0 Å². The lowest BCUT2D eigenvalue weighted by Crippen LogP contribution is -1.95. The molecule has 0 aromatic heterocycles. The van der Waals surface area contributed by atoms with Gasteiger partial charge in [0.2, 0.25) is 0 Å². The zero-order chi connectivity index (χ0) is 10.4. The number of oxime groups is 1. The number of hydrogen-bond acceptors (Lipinski definition) is 4. The zero-order valence-electron chi connectivity index (χ0n) is 8.48. The first-order chi connectivity index (χ1) is 6.81. The van der Waals surface area contributed by atoms with Crippen LogP contribution < -0.4 is 4.74 Å². The van der Waals surface area contributed by atoms with Crippen LogP contribution in [0.1, 0.15) is 5.56 Å². The molecule has 0 amide bonds. The van der Waals surface area contributed by atoms with Crippen LogP contribution >= 0.6 is 11.8 Å². The summed E-state index contributed by atoms with van der Waals surface area (Å²) in [5.74, 6) is 0.839. The van der Waals surface area contributed by atoms with Gasteiger partial charge >= 0.3 is 0 Å². The molecule has 0 fully saturated rings. The quantitative estimate of drug-likeness (QED) is 0.437. The van der Waals surface area contributed by atoms with Gasteiger partial charge in [-0.15, -0.1) is 11.8 Å². The van der Waals surface area contributed by atoms with E-state index in [2.05, 4.69) is 5.16 Å². The third-order valence-corrected chi connectivity index (χ3v) is 2.40. The van der Waals surface area contributed by atoms with Gasteiger partial charge in [0.25, 0.3) is 0 Å². The minimum Gasteiger partial charge on any atom is -0.497 e. The molecule has 0 aliphatic rings. The summed E-state index contributed by atoms with van der Waals surface area (Å²) in [6.07, 6.45) is 1.96. The first-order valence-corrected chi connectivity index (χ1v) is 5.34. The molecule has 4 heteroatoms. The van der Waals surface area contributed by atoms with Crippen molar-refractivity contribution in [3.8, 4) is 5.75 Å². The topological polar surface area (TPSA) is 30.8 Å². The van der Waals surface area contributed by atoms with Crippen LogP contribution in [0.4, 0.5) is 0 Å². The summed E-state index contributed by atoms with van der Waals surface area (Å²) in [6.45, 7) is 0. The highest BCUT2D eigenvalue weighted by atomic mass is 32.2. The molecule has 0 atom stereocenters. The van der Waals surface area contributed by atoms with E-state index in [1.165, 1.54) is 0 Å². The van der Waals surface area contributed by atoms with Crippen LogP contribution in [0.25, 0.3) is 0 Å². The third kappa shape index (κ3) is 2.67. The Bertz CT molecular complexity index is 308. The van der Waals surface area contributed by atoms with Crippen molar-refractivity contribution in [2.75, 3.05) is 20.5 Å². The van der Waals surface area contributed by atoms with Gasteiger partial charge in [0.05, 0.1) is 7.11 Å². The van der Waals surface area contributed by atoms with Crippen molar-refractivity contribution in [2.24, 2.45) is 5.16 Å². The molecule has 0 heterocycles. The Morgan fingerprint density at radius 2 is 1.86 bits per heavy atom. The lowest BCUT2D eigenvalue weighted by Gasteiger charge is -2.03. The third-order valence-electron chi connectivity index (χ3n) is 1.70. The molecule has 0 unspecified atom stereocenters. The van der Waals surface area contributed by atoms with Crippen molar-refractivity contribution < 1.29 is 9.57 Å². The summed E-state index contributed by atoms with van der Waals surface area (Å²) in [7, 11) is 3.19. The second-order valence-corrected chi connectivity index (χ2v) is 3.31. The molecular weight excluding hydrogens is 198 g/mol. The van der Waals surface area contributed by atoms with Crippen molar-refractivity contribution in [2.45, 2.75) is 0 Å². The molecule has 0 N–H and O–H groups in total. The average Bonchev–Trinajstić information content (AvgIpc) is 2.26. The van der Waals surface area contributed by atoms with Gasteiger partial charge in [-0.05, 0) is 30.5 Å². The van der Waals surface area contributed by atoms with Crippen LogP contribution in [0.15, 0.2) is 29.4 Å². The van der Waals surface area contributed by atoms with Crippen LogP contribution in [0.2, 0.25) is 0 Å². The van der Waals surface area contributed by atoms with Gasteiger partial charge in [0.15, 0.2) is 0 Å². The average molecular weight is 211 g/mol. The second kappa shape index (κ2) is 5.54. The van der Waals surface area contributed by atoms with Crippen molar-refractivity contribution >= 4 is 16.8 Å². The van der Waals surface area contributed by atoms with E-state index in [-0.39, 0.29) is 0 Å². The minimum atomic E-state index is 0.839. The fourth-order valence-corrected chi connectivity index (χ4v) is 1.55. The van der Waals surface area contributed by atoms with E-state index in [1.54, 1.807) is 26.0 Å². The molecule has 0 aliphatic heterocycles. The van der Waals surface area contributed by atoms with E-state index in [4.69, 9.17) is 9.57 Å². The van der Waals surface area contributed by atoms with Crippen molar-refractivity contribution in [3.05, 3.63) is 29.8 Å². The molecule has 0 bridgehead atoms. The highest BCUT2D eigenvalue weighted by Crippen LogP contribution is 2.16. The van der Waals surface area contributed by atoms with Crippen molar-refractivity contribution in [1.29, 1.82) is 0 Å². The molecule has 1 rings (SSSR count). The van der Waals surface area contributed by atoms with Gasteiger partial charge in [-0.3, -0.25) is 0 Å². The molecule has 0 radical (unpaired) electrons. The Balaban J connectivity index is 2.89. The summed E-state index contributed by atoms with van der Waals surface area (Å²) in [5, 5.41) is 4.76. The number of hydrogen-bond donors (Lipinski definition) is 0. The highest BCUT2D eigenvalue weighted by Gasteiger charge is 2.02. The van der Waals surface area contributed by atoms with Crippen LogP contribution in [0, 0.1) is 0 Å². The standard InChI is InChI=1S/C10H13NO2S/c1-12-9-6-4-8(5-7-9)10(14-3)11-13-2/h4-7H,1-3H3/b11-10-. The number of methoxy groups -OCH3 is 1. The van der Waals surface area contributed by atoms with Gasteiger partial charge < -0.3 is 9.57 Å². The fraction of sp³-hybridized carbons (Fsp3) is 0.300. The van der Waals surface area contributed by atoms with E-state index in [1.807, 2.05) is 30.5 Å². The molecule has 1 aromatic rings. The van der Waals surface area contributed by atoms with Crippen molar-refractivity contribution in [1.82, 2.24) is 0 Å². The maximum atomic E-state index is 5.06. The lowest BCUT2D eigenvalue weighted by molar-refractivity contribution is 0.215. The summed E-state index contributed by atoms with van der Waals surface area (Å²) in [5.41, 5.74) is 1.03. The molecule has 0 saturated carbocycles. The Morgan fingerprint density at radius 3 is 2.29 bits per heavy atom. The molecule has 0 spiro atoms. The maximum absolute atomic E-state index is 5.06. The van der Waals surface area contributed by atoms with Gasteiger partial charge in [-0.1, -0.05) is 5.16 Å². The Labute approximate surface area is 88.1 Å². The molecular formula is C10H13NO2S. The van der Waals surface area contributed by atoms with E-state index in [0.717, 1.165) is 16.4 Å². The Morgan fingerprint density at radius 1 is 1.21 bits per heavy atom. The predicted molar refractivity (Wildman–Crippen MR) is 60.1 cm³/mol. The number of ether oxygens (including phenoxy) is 1. The first-order valence-electron chi connectivity index (χ1n) is 4.11. The highest BCUT2D eigenvalue weighted by molar-refractivity contribution is 8.13. The Kier molecular flexibility index (Phi) is 4.32. The number of rotatable bonds is 3. The molecule has 0 aliphatic carbocycles. The van der Waals surface area contributed by atoms with Gasteiger partial charge in [0.1, 0.15) is 17.9 Å². The monoisotopic (exact) mass is 211 g/mol. The van der Waals surface area contributed by atoms with Crippen LogP contribution in [0.5, 0.6) is 5.75 Å². The molecule has 0 saturated heterocycles. The van der Waals surface area contributed by atoms with Gasteiger partial charge in [-0.25, -0.2) is 0 Å². The van der Waals surface area contributed by atoms with Gasteiger partial charge in [0, 0.05) is 5.56 Å². The lowest BCUT2D eigenvalue weighted by atomic mass is 10.2. The summed E-state index contributed by atoms with van der Waals surface area (Å²) in [4.78, 5) is 4.74. The summed E-state index contributed by atoms with van der Waals surface area (Å²) in [6, 6.07) is 7.70. The Hall–Kier alpha value is -1.16. The van der Waals surface area contributed by atoms with E-state index in [9.17, 15) is 0 Å². The molecule has 1 aromatic carbocycles. The normalized spacial score (nSPS) is 11.2. The van der Waals surface area contributed by atoms with Crippen molar-refractivity contribution in [3.63, 3.8) is 0 Å². The predicted octanol–water partition coefficient (Wildman–Crippen LogP) is 2.37. The number of nitrogens with zero attached hydrogens (tertiary/aromatic N) is 1. The molecule has 76 valence electrons. The molecule has 3 nitrogen and oxygen atoms in total. The first kappa shape index (κ1) is 10.9. The number of thioether (sulfide) groups is 1. The second-order valence-electron chi connectivity index (χ2n) is 2.51. The van der Waals surface area contributed by atoms with E-state index in [0.29, 0.717) is 0 Å². The largest absolute Gasteiger partial charge is 0.497 e. The fourth-order valence-electron chi connectivity index (χ4n) is 1.02. The molecule has 14 heavy (non-hydrogen) atoms. The number of benzene rings is 1. The smallest absolute Gasteiger partial charge is 0.142 e. The van der Waals surface area contributed by atoms with Crippen LogP contribution in [-0.2, 0) is 4.84 Å². The van der Waals surface area contributed by atoms with Crippen LogP contribution in [-0.4, -0.2) is 25.5 Å². The zero-order valence-corrected chi connectivity index (χ0v) is 9.30. The summed E-state index contributed by atoms with van der Waals surface area (Å²) < 4.78 is 5.06. The summed E-state index contributed by atoms with van der Waals surface area (Å²) >= 11 is 1.55. The van der Waals surface area contributed by atoms with Crippen LogP contribution in [0.3, 0.4) is 0 Å². The van der Waals surface area contributed by atoms with Gasteiger partial charge in [-0.2, -0.15) is 0 Å². The SMILES string of the molecule is CO/N=C(\SC)c1ccc(OC)cc1.